The summed E-state index contributed by atoms with van der Waals surface area (Å²) in [4.78, 5) is 14.5. The van der Waals surface area contributed by atoms with Gasteiger partial charge in [-0.3, -0.25) is 4.79 Å². The maximum Gasteiger partial charge on any atom is 0.257 e. The molecule has 2 aliphatic heterocycles. The number of piperidine rings is 1. The molecule has 0 aromatic carbocycles. The Hall–Kier alpha value is -0.900. The Morgan fingerprint density at radius 1 is 1.41 bits per heavy atom. The molecule has 1 amide bonds. The number of thioether (sulfide) groups is 1. The molecule has 3 rings (SSSR count). The number of rotatable bonds is 2. The molecule has 4 heteroatoms. The van der Waals surface area contributed by atoms with Gasteiger partial charge in [0.05, 0.1) is 11.8 Å². The third-order valence-electron chi connectivity index (χ3n) is 4.03. The zero-order valence-electron chi connectivity index (χ0n) is 9.96. The summed E-state index contributed by atoms with van der Waals surface area (Å²) in [5, 5.41) is 0.737. The first kappa shape index (κ1) is 11.2. The van der Waals surface area contributed by atoms with Gasteiger partial charge >= 0.3 is 0 Å². The van der Waals surface area contributed by atoms with E-state index in [1.807, 2.05) is 11.8 Å². The van der Waals surface area contributed by atoms with Gasteiger partial charge in [0.25, 0.3) is 5.91 Å². The lowest BCUT2D eigenvalue weighted by molar-refractivity contribution is 0.0601. The Labute approximate surface area is 106 Å². The highest BCUT2D eigenvalue weighted by Crippen LogP contribution is 2.40. The maximum atomic E-state index is 12.4. The van der Waals surface area contributed by atoms with Crippen molar-refractivity contribution < 1.29 is 9.21 Å². The van der Waals surface area contributed by atoms with Crippen LogP contribution in [0.5, 0.6) is 0 Å². The zero-order valence-corrected chi connectivity index (χ0v) is 10.8. The summed E-state index contributed by atoms with van der Waals surface area (Å²) >= 11 is 1.95. The SMILES string of the molecule is CSC1CC2CCC(C1)N2C(=O)c1ccoc1. The van der Waals surface area contributed by atoms with Crippen molar-refractivity contribution in [1.82, 2.24) is 4.90 Å². The topological polar surface area (TPSA) is 33.5 Å². The number of hydrogen-bond donors (Lipinski definition) is 0. The number of amides is 1. The Morgan fingerprint density at radius 2 is 2.12 bits per heavy atom. The second kappa shape index (κ2) is 4.41. The molecular formula is C13H17NO2S. The first-order valence-electron chi connectivity index (χ1n) is 6.17. The molecule has 3 nitrogen and oxygen atoms in total. The van der Waals surface area contributed by atoms with Crippen molar-refractivity contribution in [2.75, 3.05) is 6.26 Å². The van der Waals surface area contributed by atoms with Crippen molar-refractivity contribution in [2.24, 2.45) is 0 Å². The first-order valence-corrected chi connectivity index (χ1v) is 7.46. The molecule has 0 aliphatic carbocycles. The highest BCUT2D eigenvalue weighted by molar-refractivity contribution is 7.99. The molecule has 2 fully saturated rings. The molecule has 3 heterocycles. The van der Waals surface area contributed by atoms with Crippen molar-refractivity contribution in [3.05, 3.63) is 24.2 Å². The predicted molar refractivity (Wildman–Crippen MR) is 68.2 cm³/mol. The lowest BCUT2D eigenvalue weighted by Crippen LogP contribution is -2.47. The standard InChI is InChI=1S/C13H17NO2S/c1-17-12-6-10-2-3-11(7-12)14(10)13(15)9-4-5-16-8-9/h4-5,8,10-12H,2-3,6-7H2,1H3. The highest BCUT2D eigenvalue weighted by Gasteiger charge is 2.43. The number of nitrogens with zero attached hydrogens (tertiary/aromatic N) is 1. The minimum atomic E-state index is 0.158. The van der Waals surface area contributed by atoms with E-state index >= 15 is 0 Å². The number of hydrogen-bond acceptors (Lipinski definition) is 3. The van der Waals surface area contributed by atoms with Gasteiger partial charge in [0.15, 0.2) is 0 Å². The lowest BCUT2D eigenvalue weighted by atomic mass is 10.0. The maximum absolute atomic E-state index is 12.4. The average molecular weight is 251 g/mol. The van der Waals surface area contributed by atoms with Crippen molar-refractivity contribution in [3.63, 3.8) is 0 Å². The summed E-state index contributed by atoms with van der Waals surface area (Å²) in [6, 6.07) is 2.67. The lowest BCUT2D eigenvalue weighted by Gasteiger charge is -2.38. The van der Waals surface area contributed by atoms with Gasteiger partial charge in [0, 0.05) is 17.3 Å². The number of fused-ring (bicyclic) bond motifs is 2. The van der Waals surface area contributed by atoms with Gasteiger partial charge in [0.1, 0.15) is 6.26 Å². The van der Waals surface area contributed by atoms with Crippen LogP contribution in [-0.4, -0.2) is 34.4 Å². The number of furan rings is 1. The van der Waals surface area contributed by atoms with Crippen LogP contribution in [0.25, 0.3) is 0 Å². The van der Waals surface area contributed by atoms with Crippen LogP contribution < -0.4 is 0 Å². The summed E-state index contributed by atoms with van der Waals surface area (Å²) in [7, 11) is 0. The van der Waals surface area contributed by atoms with Gasteiger partial charge < -0.3 is 9.32 Å². The summed E-state index contributed by atoms with van der Waals surface area (Å²) < 4.78 is 5.01. The zero-order chi connectivity index (χ0) is 11.8. The normalized spacial score (nSPS) is 31.8. The van der Waals surface area contributed by atoms with E-state index in [0.717, 1.165) is 18.1 Å². The predicted octanol–water partition coefficient (Wildman–Crippen LogP) is 2.78. The van der Waals surface area contributed by atoms with Crippen LogP contribution in [0.1, 0.15) is 36.0 Å². The third kappa shape index (κ3) is 1.88. The molecule has 17 heavy (non-hydrogen) atoms. The van der Waals surface area contributed by atoms with E-state index in [2.05, 4.69) is 11.2 Å². The van der Waals surface area contributed by atoms with E-state index < -0.39 is 0 Å². The van der Waals surface area contributed by atoms with Gasteiger partial charge in [-0.2, -0.15) is 11.8 Å². The number of carbonyl (C=O) groups is 1. The molecule has 2 unspecified atom stereocenters. The summed E-state index contributed by atoms with van der Waals surface area (Å²) in [5.74, 6) is 0.158. The fourth-order valence-corrected chi connectivity index (χ4v) is 4.02. The van der Waals surface area contributed by atoms with E-state index in [1.54, 1.807) is 18.6 Å². The van der Waals surface area contributed by atoms with Crippen LogP contribution in [0.3, 0.4) is 0 Å². The summed E-state index contributed by atoms with van der Waals surface area (Å²) in [5.41, 5.74) is 0.699. The van der Waals surface area contributed by atoms with Gasteiger partial charge in [0.2, 0.25) is 0 Å². The third-order valence-corrected chi connectivity index (χ3v) is 5.08. The molecule has 0 N–H and O–H groups in total. The molecule has 0 saturated carbocycles. The van der Waals surface area contributed by atoms with E-state index in [-0.39, 0.29) is 5.91 Å². The minimum Gasteiger partial charge on any atom is -0.472 e. The Bertz CT molecular complexity index is 390. The highest BCUT2D eigenvalue weighted by atomic mass is 32.2. The van der Waals surface area contributed by atoms with Crippen LogP contribution in [0.15, 0.2) is 23.0 Å². The van der Waals surface area contributed by atoms with Crippen molar-refractivity contribution in [3.8, 4) is 0 Å². The Balaban J connectivity index is 1.79. The molecule has 1 aromatic rings. The molecule has 2 atom stereocenters. The van der Waals surface area contributed by atoms with Crippen LogP contribution in [0.2, 0.25) is 0 Å². The molecule has 0 radical (unpaired) electrons. The van der Waals surface area contributed by atoms with Crippen LogP contribution >= 0.6 is 11.8 Å². The van der Waals surface area contributed by atoms with E-state index in [1.165, 1.54) is 12.8 Å². The molecule has 1 aromatic heterocycles. The van der Waals surface area contributed by atoms with Crippen LogP contribution in [0, 0.1) is 0 Å². The number of carbonyl (C=O) groups excluding carboxylic acids is 1. The van der Waals surface area contributed by atoms with E-state index in [4.69, 9.17) is 4.42 Å². The minimum absolute atomic E-state index is 0.158. The van der Waals surface area contributed by atoms with Crippen LogP contribution in [-0.2, 0) is 0 Å². The quantitative estimate of drug-likeness (QED) is 0.810. The van der Waals surface area contributed by atoms with Gasteiger partial charge in [-0.25, -0.2) is 0 Å². The molecule has 2 bridgehead atoms. The molecule has 92 valence electrons. The largest absolute Gasteiger partial charge is 0.472 e. The second-order valence-corrected chi connectivity index (χ2v) is 6.08. The monoisotopic (exact) mass is 251 g/mol. The molecule has 2 aliphatic rings. The van der Waals surface area contributed by atoms with Crippen LogP contribution in [0.4, 0.5) is 0 Å². The molecule has 2 saturated heterocycles. The van der Waals surface area contributed by atoms with Gasteiger partial charge in [-0.1, -0.05) is 0 Å². The Morgan fingerprint density at radius 3 is 2.65 bits per heavy atom. The fourth-order valence-electron chi connectivity index (χ4n) is 3.19. The van der Waals surface area contributed by atoms with E-state index in [0.29, 0.717) is 17.6 Å². The smallest absolute Gasteiger partial charge is 0.257 e. The summed E-state index contributed by atoms with van der Waals surface area (Å²) in [6.07, 6.45) is 9.96. The average Bonchev–Trinajstić information content (AvgIpc) is 2.95. The van der Waals surface area contributed by atoms with Gasteiger partial charge in [-0.15, -0.1) is 0 Å². The van der Waals surface area contributed by atoms with Gasteiger partial charge in [-0.05, 0) is 38.0 Å². The van der Waals surface area contributed by atoms with Crippen molar-refractivity contribution in [2.45, 2.75) is 43.0 Å². The second-order valence-electron chi connectivity index (χ2n) is 4.94. The summed E-state index contributed by atoms with van der Waals surface area (Å²) in [6.45, 7) is 0. The first-order chi connectivity index (χ1) is 8.29. The fraction of sp³-hybridized carbons (Fsp3) is 0.615. The molecular weight excluding hydrogens is 234 g/mol. The van der Waals surface area contributed by atoms with E-state index in [9.17, 15) is 4.79 Å². The Kier molecular flexibility index (Phi) is 2.90. The molecule has 0 spiro atoms. The van der Waals surface area contributed by atoms with Crippen molar-refractivity contribution in [1.29, 1.82) is 0 Å². The van der Waals surface area contributed by atoms with Crippen molar-refractivity contribution >= 4 is 17.7 Å².